The molecule has 1 rings (SSSR count). The molecule has 0 aliphatic carbocycles. The quantitative estimate of drug-likeness (QED) is 0.673. The molecule has 0 bridgehead atoms. The van der Waals surface area contributed by atoms with Gasteiger partial charge in [0.25, 0.3) is 5.91 Å². The molecule has 0 spiro atoms. The number of hydrogen-bond acceptors (Lipinski definition) is 3. The van der Waals surface area contributed by atoms with Crippen molar-refractivity contribution in [1.29, 1.82) is 0 Å². The smallest absolute Gasteiger partial charge is 0.338 e. The number of hydrogen-bond donors (Lipinski definition) is 1. The molecule has 4 nitrogen and oxygen atoms in total. The Morgan fingerprint density at radius 3 is 2.35 bits per heavy atom. The van der Waals surface area contributed by atoms with Crippen molar-refractivity contribution < 1.29 is 14.3 Å². The van der Waals surface area contributed by atoms with Gasteiger partial charge in [0.2, 0.25) is 0 Å². The molecule has 1 aromatic rings. The first kappa shape index (κ1) is 15.8. The van der Waals surface area contributed by atoms with Gasteiger partial charge in [-0.1, -0.05) is 38.8 Å². The summed E-state index contributed by atoms with van der Waals surface area (Å²) in [6, 6.07) is 7.16. The largest absolute Gasteiger partial charge is 0.452 e. The van der Waals surface area contributed by atoms with Crippen LogP contribution in [0.2, 0.25) is 0 Å². The predicted octanol–water partition coefficient (Wildman–Crippen LogP) is 1.89. The number of nitrogens with one attached hydrogen (secondary N) is 1. The van der Waals surface area contributed by atoms with Gasteiger partial charge in [-0.05, 0) is 23.1 Å². The van der Waals surface area contributed by atoms with Gasteiger partial charge in [-0.25, -0.2) is 4.79 Å². The van der Waals surface area contributed by atoms with E-state index in [2.05, 4.69) is 32.0 Å². The van der Waals surface area contributed by atoms with E-state index in [0.717, 1.165) is 5.56 Å². The van der Waals surface area contributed by atoms with Crippen molar-refractivity contribution in [2.45, 2.75) is 26.2 Å². The first-order valence-electron chi connectivity index (χ1n) is 6.32. The molecule has 0 fully saturated rings. The summed E-state index contributed by atoms with van der Waals surface area (Å²) in [5.74, 6) is 1.33. The fourth-order valence-corrected chi connectivity index (χ4v) is 1.52. The van der Waals surface area contributed by atoms with Gasteiger partial charge in [0.15, 0.2) is 6.61 Å². The van der Waals surface area contributed by atoms with Gasteiger partial charge in [-0.3, -0.25) is 4.79 Å². The summed E-state index contributed by atoms with van der Waals surface area (Å²) in [7, 11) is 0. The van der Waals surface area contributed by atoms with E-state index in [0.29, 0.717) is 5.56 Å². The van der Waals surface area contributed by atoms with Crippen LogP contribution in [0, 0.1) is 12.3 Å². The van der Waals surface area contributed by atoms with E-state index < -0.39 is 11.9 Å². The van der Waals surface area contributed by atoms with Crippen molar-refractivity contribution >= 4 is 11.9 Å². The molecule has 1 amide bonds. The second-order valence-electron chi connectivity index (χ2n) is 5.38. The van der Waals surface area contributed by atoms with Crippen LogP contribution in [-0.2, 0) is 14.9 Å². The summed E-state index contributed by atoms with van der Waals surface area (Å²) in [4.78, 5) is 23.0. The van der Waals surface area contributed by atoms with Crippen molar-refractivity contribution in [2.24, 2.45) is 0 Å². The van der Waals surface area contributed by atoms with Gasteiger partial charge in [-0.15, -0.1) is 6.42 Å². The maximum Gasteiger partial charge on any atom is 0.338 e. The standard InChI is InChI=1S/C16H19NO3/c1-5-10-17-14(18)11-20-15(19)12-6-8-13(9-7-12)16(2,3)4/h1,6-9H,10-11H2,2-4H3,(H,17,18). The Kier molecular flexibility index (Phi) is 5.33. The van der Waals surface area contributed by atoms with E-state index in [9.17, 15) is 9.59 Å². The van der Waals surface area contributed by atoms with Crippen LogP contribution in [0.25, 0.3) is 0 Å². The molecule has 106 valence electrons. The Morgan fingerprint density at radius 1 is 1.25 bits per heavy atom. The second-order valence-corrected chi connectivity index (χ2v) is 5.38. The summed E-state index contributed by atoms with van der Waals surface area (Å²) in [6.07, 6.45) is 5.00. The minimum Gasteiger partial charge on any atom is -0.452 e. The molecule has 0 aromatic heterocycles. The van der Waals surface area contributed by atoms with Crippen molar-refractivity contribution in [1.82, 2.24) is 5.32 Å². The number of rotatable bonds is 4. The van der Waals surface area contributed by atoms with Gasteiger partial charge >= 0.3 is 5.97 Å². The first-order valence-corrected chi connectivity index (χ1v) is 6.32. The Bertz CT molecular complexity index is 518. The molecular weight excluding hydrogens is 254 g/mol. The van der Waals surface area contributed by atoms with Gasteiger partial charge in [0.05, 0.1) is 12.1 Å². The maximum absolute atomic E-state index is 11.7. The van der Waals surface area contributed by atoms with Crippen molar-refractivity contribution in [3.05, 3.63) is 35.4 Å². The molecule has 0 saturated heterocycles. The zero-order valence-electron chi connectivity index (χ0n) is 12.0. The Balaban J connectivity index is 2.57. The number of esters is 1. The normalized spacial score (nSPS) is 10.5. The first-order chi connectivity index (χ1) is 9.34. The fourth-order valence-electron chi connectivity index (χ4n) is 1.52. The van der Waals surface area contributed by atoms with Crippen LogP contribution in [0.15, 0.2) is 24.3 Å². The van der Waals surface area contributed by atoms with Crippen LogP contribution in [0.4, 0.5) is 0 Å². The average molecular weight is 273 g/mol. The topological polar surface area (TPSA) is 55.4 Å². The lowest BCUT2D eigenvalue weighted by Crippen LogP contribution is -2.29. The lowest BCUT2D eigenvalue weighted by Gasteiger charge is -2.18. The number of carbonyl (C=O) groups excluding carboxylic acids is 2. The minimum absolute atomic E-state index is 0.0253. The van der Waals surface area contributed by atoms with Crippen molar-refractivity contribution in [3.8, 4) is 12.3 Å². The fraction of sp³-hybridized carbons (Fsp3) is 0.375. The number of benzene rings is 1. The van der Waals surface area contributed by atoms with Crippen LogP contribution in [0.3, 0.4) is 0 Å². The Labute approximate surface area is 119 Å². The summed E-state index contributed by atoms with van der Waals surface area (Å²) >= 11 is 0. The summed E-state index contributed by atoms with van der Waals surface area (Å²) in [5.41, 5.74) is 1.57. The molecule has 0 aliphatic rings. The van der Waals surface area contributed by atoms with Crippen LogP contribution in [-0.4, -0.2) is 25.0 Å². The summed E-state index contributed by atoms with van der Waals surface area (Å²) < 4.78 is 4.89. The maximum atomic E-state index is 11.7. The average Bonchev–Trinajstić information content (AvgIpc) is 2.41. The Hall–Kier alpha value is -2.28. The molecule has 1 N–H and O–H groups in total. The van der Waals surface area contributed by atoms with Gasteiger partial charge < -0.3 is 10.1 Å². The molecule has 0 radical (unpaired) electrons. The van der Waals surface area contributed by atoms with E-state index in [-0.39, 0.29) is 18.6 Å². The molecule has 4 heteroatoms. The molecule has 1 aromatic carbocycles. The van der Waals surface area contributed by atoms with E-state index in [1.54, 1.807) is 12.1 Å². The van der Waals surface area contributed by atoms with E-state index >= 15 is 0 Å². The van der Waals surface area contributed by atoms with E-state index in [1.807, 2.05) is 12.1 Å². The highest BCUT2D eigenvalue weighted by Crippen LogP contribution is 2.22. The van der Waals surface area contributed by atoms with Crippen molar-refractivity contribution in [2.75, 3.05) is 13.2 Å². The highest BCUT2D eigenvalue weighted by Gasteiger charge is 2.15. The van der Waals surface area contributed by atoms with E-state index in [1.165, 1.54) is 0 Å². The Morgan fingerprint density at radius 2 is 1.85 bits per heavy atom. The third kappa shape index (κ3) is 4.77. The number of carbonyl (C=O) groups is 2. The molecule has 0 unspecified atom stereocenters. The molecule has 0 saturated carbocycles. The highest BCUT2D eigenvalue weighted by molar-refractivity contribution is 5.91. The zero-order chi connectivity index (χ0) is 15.2. The van der Waals surface area contributed by atoms with Gasteiger partial charge in [0.1, 0.15) is 0 Å². The SMILES string of the molecule is C#CCNC(=O)COC(=O)c1ccc(C(C)(C)C)cc1. The molecular formula is C16H19NO3. The predicted molar refractivity (Wildman–Crippen MR) is 77.3 cm³/mol. The number of amides is 1. The number of ether oxygens (including phenoxy) is 1. The van der Waals surface area contributed by atoms with Gasteiger partial charge in [0, 0.05) is 0 Å². The lowest BCUT2D eigenvalue weighted by atomic mass is 9.87. The summed E-state index contributed by atoms with van der Waals surface area (Å²) in [6.45, 7) is 6.07. The van der Waals surface area contributed by atoms with Crippen molar-refractivity contribution in [3.63, 3.8) is 0 Å². The highest BCUT2D eigenvalue weighted by atomic mass is 16.5. The third-order valence-electron chi connectivity index (χ3n) is 2.71. The lowest BCUT2D eigenvalue weighted by molar-refractivity contribution is -0.123. The molecule has 0 aliphatic heterocycles. The summed E-state index contributed by atoms with van der Waals surface area (Å²) in [5, 5.41) is 2.42. The second kappa shape index (κ2) is 6.76. The third-order valence-corrected chi connectivity index (χ3v) is 2.71. The molecule has 0 atom stereocenters. The number of terminal acetylenes is 1. The van der Waals surface area contributed by atoms with Crippen LogP contribution in [0.1, 0.15) is 36.7 Å². The van der Waals surface area contributed by atoms with Crippen LogP contribution < -0.4 is 5.32 Å². The zero-order valence-corrected chi connectivity index (χ0v) is 12.0. The van der Waals surface area contributed by atoms with Crippen LogP contribution in [0.5, 0.6) is 0 Å². The van der Waals surface area contributed by atoms with Gasteiger partial charge in [-0.2, -0.15) is 0 Å². The van der Waals surface area contributed by atoms with Crippen LogP contribution >= 0.6 is 0 Å². The monoisotopic (exact) mass is 273 g/mol. The minimum atomic E-state index is -0.527. The van der Waals surface area contributed by atoms with E-state index in [4.69, 9.17) is 11.2 Å². The molecule has 20 heavy (non-hydrogen) atoms. The molecule has 0 heterocycles.